The van der Waals surface area contributed by atoms with Crippen LogP contribution >= 0.6 is 0 Å². The second-order valence-corrected chi connectivity index (χ2v) is 7.32. The molecule has 5 nitrogen and oxygen atoms in total. The van der Waals surface area contributed by atoms with Crippen molar-refractivity contribution in [1.29, 1.82) is 0 Å². The first-order chi connectivity index (χ1) is 12.5. The van der Waals surface area contributed by atoms with Gasteiger partial charge in [-0.15, -0.1) is 0 Å². The van der Waals surface area contributed by atoms with Crippen LogP contribution in [-0.4, -0.2) is 36.1 Å². The second kappa shape index (κ2) is 12.5. The summed E-state index contributed by atoms with van der Waals surface area (Å²) in [6.07, 6.45) is 3.34. The lowest BCUT2D eigenvalue weighted by atomic mass is 9.94. The number of rotatable bonds is 12. The van der Waals surface area contributed by atoms with E-state index in [9.17, 15) is 14.7 Å². The molecule has 0 radical (unpaired) electrons. The molecule has 0 aromatic heterocycles. The van der Waals surface area contributed by atoms with Crippen LogP contribution in [0, 0.1) is 11.8 Å². The number of benzene rings is 1. The number of carbonyl (C=O) groups is 2. The Balaban J connectivity index is 2.55. The number of nitrogens with one attached hydrogen (secondary N) is 2. The summed E-state index contributed by atoms with van der Waals surface area (Å²) in [7, 11) is 0. The van der Waals surface area contributed by atoms with Crippen LogP contribution in [0.1, 0.15) is 52.0 Å². The van der Waals surface area contributed by atoms with Crippen LogP contribution in [0.25, 0.3) is 0 Å². The van der Waals surface area contributed by atoms with Crippen molar-refractivity contribution >= 4 is 11.8 Å². The van der Waals surface area contributed by atoms with Crippen LogP contribution in [0.4, 0.5) is 0 Å². The minimum Gasteiger partial charge on any atom is -0.396 e. The molecular formula is C21H34N2O3. The van der Waals surface area contributed by atoms with Gasteiger partial charge in [-0.05, 0) is 36.7 Å². The average Bonchev–Trinajstić information content (AvgIpc) is 2.59. The van der Waals surface area contributed by atoms with Gasteiger partial charge in [-0.1, -0.05) is 57.5 Å². The fourth-order valence-electron chi connectivity index (χ4n) is 3.10. The Bertz CT molecular complexity index is 531. The molecule has 0 spiro atoms. The number of amides is 2. The molecule has 1 rings (SSSR count). The number of aliphatic hydroxyl groups excluding tert-OH is 1. The molecule has 5 heteroatoms. The van der Waals surface area contributed by atoms with Crippen LogP contribution in [0.2, 0.25) is 0 Å². The van der Waals surface area contributed by atoms with Gasteiger partial charge in [0.1, 0.15) is 6.04 Å². The molecular weight excluding hydrogens is 328 g/mol. The van der Waals surface area contributed by atoms with Gasteiger partial charge in [0.05, 0.1) is 6.42 Å². The van der Waals surface area contributed by atoms with Crippen molar-refractivity contribution in [3.05, 3.63) is 35.9 Å². The molecule has 0 bridgehead atoms. The lowest BCUT2D eigenvalue weighted by Gasteiger charge is -2.22. The van der Waals surface area contributed by atoms with Crippen LogP contribution in [0.15, 0.2) is 30.3 Å². The van der Waals surface area contributed by atoms with Crippen LogP contribution in [0.3, 0.4) is 0 Å². The lowest BCUT2D eigenvalue weighted by molar-refractivity contribution is -0.129. The highest BCUT2D eigenvalue weighted by Gasteiger charge is 2.21. The molecule has 0 saturated heterocycles. The van der Waals surface area contributed by atoms with E-state index in [4.69, 9.17) is 0 Å². The van der Waals surface area contributed by atoms with Crippen LogP contribution in [-0.2, 0) is 16.0 Å². The van der Waals surface area contributed by atoms with Crippen molar-refractivity contribution in [2.75, 3.05) is 13.2 Å². The van der Waals surface area contributed by atoms with Crippen molar-refractivity contribution in [3.8, 4) is 0 Å². The third-order valence-electron chi connectivity index (χ3n) is 4.34. The first-order valence-electron chi connectivity index (χ1n) is 9.68. The molecule has 2 amide bonds. The number of carbonyl (C=O) groups excluding carboxylic acids is 2. The molecule has 0 unspecified atom stereocenters. The Morgan fingerprint density at radius 1 is 1.12 bits per heavy atom. The monoisotopic (exact) mass is 362 g/mol. The summed E-state index contributed by atoms with van der Waals surface area (Å²) in [6, 6.07) is 9.00. The van der Waals surface area contributed by atoms with Gasteiger partial charge in [0.2, 0.25) is 11.8 Å². The summed E-state index contributed by atoms with van der Waals surface area (Å²) in [5, 5.41) is 15.0. The fraction of sp³-hybridized carbons (Fsp3) is 0.619. The van der Waals surface area contributed by atoms with Crippen molar-refractivity contribution in [2.45, 2.75) is 58.9 Å². The van der Waals surface area contributed by atoms with E-state index in [0.29, 0.717) is 25.3 Å². The van der Waals surface area contributed by atoms with Crippen molar-refractivity contribution in [1.82, 2.24) is 10.6 Å². The summed E-state index contributed by atoms with van der Waals surface area (Å²) in [4.78, 5) is 24.8. The first kappa shape index (κ1) is 22.2. The van der Waals surface area contributed by atoms with Crippen molar-refractivity contribution in [2.24, 2.45) is 11.8 Å². The molecule has 26 heavy (non-hydrogen) atoms. The summed E-state index contributed by atoms with van der Waals surface area (Å²) in [5.74, 6) is 0.491. The molecule has 3 N–H and O–H groups in total. The molecule has 0 aliphatic rings. The highest BCUT2D eigenvalue weighted by Crippen LogP contribution is 2.14. The van der Waals surface area contributed by atoms with E-state index in [1.165, 1.54) is 0 Å². The van der Waals surface area contributed by atoms with E-state index >= 15 is 0 Å². The molecule has 2 atom stereocenters. The SMILES string of the molecule is CCC[C@H](NC(=O)Cc1ccccc1)C(=O)NC[C@H](CCO)CC(C)C. The van der Waals surface area contributed by atoms with Crippen LogP contribution < -0.4 is 10.6 Å². The molecule has 1 aromatic carbocycles. The molecule has 0 heterocycles. The Morgan fingerprint density at radius 3 is 2.38 bits per heavy atom. The topological polar surface area (TPSA) is 78.4 Å². The minimum absolute atomic E-state index is 0.124. The molecule has 0 saturated carbocycles. The molecule has 0 aliphatic carbocycles. The summed E-state index contributed by atoms with van der Waals surface area (Å²) in [6.45, 7) is 6.93. The van der Waals surface area contributed by atoms with Crippen molar-refractivity contribution < 1.29 is 14.7 Å². The van der Waals surface area contributed by atoms with E-state index in [0.717, 1.165) is 18.4 Å². The lowest BCUT2D eigenvalue weighted by Crippen LogP contribution is -2.48. The van der Waals surface area contributed by atoms with Gasteiger partial charge < -0.3 is 15.7 Å². The third-order valence-corrected chi connectivity index (χ3v) is 4.34. The van der Waals surface area contributed by atoms with Gasteiger partial charge in [0.25, 0.3) is 0 Å². The second-order valence-electron chi connectivity index (χ2n) is 7.32. The fourth-order valence-corrected chi connectivity index (χ4v) is 3.10. The Kier molecular flexibility index (Phi) is 10.6. The van der Waals surface area contributed by atoms with Gasteiger partial charge in [0.15, 0.2) is 0 Å². The highest BCUT2D eigenvalue weighted by molar-refractivity contribution is 5.88. The normalized spacial score (nSPS) is 13.3. The number of aliphatic hydroxyl groups is 1. The zero-order chi connectivity index (χ0) is 19.4. The van der Waals surface area contributed by atoms with E-state index in [2.05, 4.69) is 24.5 Å². The summed E-state index contributed by atoms with van der Waals surface area (Å²) < 4.78 is 0. The van der Waals surface area contributed by atoms with E-state index in [1.54, 1.807) is 0 Å². The maximum absolute atomic E-state index is 12.5. The summed E-state index contributed by atoms with van der Waals surface area (Å²) in [5.41, 5.74) is 0.931. The quantitative estimate of drug-likeness (QED) is 0.535. The molecule has 1 aromatic rings. The zero-order valence-corrected chi connectivity index (χ0v) is 16.3. The van der Waals surface area contributed by atoms with E-state index in [1.807, 2.05) is 37.3 Å². The van der Waals surface area contributed by atoms with E-state index < -0.39 is 6.04 Å². The largest absolute Gasteiger partial charge is 0.396 e. The van der Waals surface area contributed by atoms with Gasteiger partial charge in [-0.25, -0.2) is 0 Å². The van der Waals surface area contributed by atoms with Gasteiger partial charge in [-0.3, -0.25) is 9.59 Å². The molecule has 146 valence electrons. The minimum atomic E-state index is -0.509. The van der Waals surface area contributed by atoms with Gasteiger partial charge >= 0.3 is 0 Å². The first-order valence-corrected chi connectivity index (χ1v) is 9.68. The predicted octanol–water partition coefficient (Wildman–Crippen LogP) is 2.67. The van der Waals surface area contributed by atoms with E-state index in [-0.39, 0.29) is 30.8 Å². The zero-order valence-electron chi connectivity index (χ0n) is 16.3. The molecule has 0 fully saturated rings. The average molecular weight is 363 g/mol. The number of hydrogen-bond donors (Lipinski definition) is 3. The maximum atomic E-state index is 12.5. The Labute approximate surface area is 157 Å². The standard InChI is InChI=1S/C21H34N2O3/c1-4-8-19(23-20(25)14-17-9-6-5-7-10-17)21(26)22-15-18(11-12-24)13-16(2)3/h5-7,9-10,16,18-19,24H,4,8,11-15H2,1-3H3,(H,22,26)(H,23,25)/t18-,19+/m1/s1. The Morgan fingerprint density at radius 2 is 1.81 bits per heavy atom. The van der Waals surface area contributed by atoms with Gasteiger partial charge in [0, 0.05) is 13.2 Å². The maximum Gasteiger partial charge on any atom is 0.242 e. The predicted molar refractivity (Wildman–Crippen MR) is 105 cm³/mol. The van der Waals surface area contributed by atoms with Gasteiger partial charge in [-0.2, -0.15) is 0 Å². The summed E-state index contributed by atoms with van der Waals surface area (Å²) >= 11 is 0. The smallest absolute Gasteiger partial charge is 0.242 e. The van der Waals surface area contributed by atoms with Crippen LogP contribution in [0.5, 0.6) is 0 Å². The Hall–Kier alpha value is -1.88. The highest BCUT2D eigenvalue weighted by atomic mass is 16.3. The van der Waals surface area contributed by atoms with Crippen molar-refractivity contribution in [3.63, 3.8) is 0 Å². The number of hydrogen-bond acceptors (Lipinski definition) is 3. The third kappa shape index (κ3) is 8.99. The molecule has 0 aliphatic heterocycles.